The summed E-state index contributed by atoms with van der Waals surface area (Å²) in [5.41, 5.74) is 11.1. The highest BCUT2D eigenvalue weighted by Crippen LogP contribution is 2.49. The number of hydrogen-bond donors (Lipinski definition) is 0. The van der Waals surface area contributed by atoms with Crippen molar-refractivity contribution in [1.29, 1.82) is 0 Å². The predicted molar refractivity (Wildman–Crippen MR) is 187 cm³/mol. The molecule has 7 aromatic carbocycles. The SMILES string of the molecule is c1ccc(-c2ccc3c(c2)oc2c(-c4ccccc4)ccc(N(c4ccccc4)c4cccc5oc6ccccc6c45)c23)cc1. The minimum Gasteiger partial charge on any atom is -0.456 e. The molecule has 212 valence electrons. The van der Waals surface area contributed by atoms with Crippen LogP contribution in [0.25, 0.3) is 66.1 Å². The van der Waals surface area contributed by atoms with Crippen molar-refractivity contribution in [2.24, 2.45) is 0 Å². The van der Waals surface area contributed by atoms with Crippen molar-refractivity contribution in [2.75, 3.05) is 4.90 Å². The lowest BCUT2D eigenvalue weighted by Crippen LogP contribution is -2.10. The van der Waals surface area contributed by atoms with Crippen molar-refractivity contribution in [3.05, 3.63) is 164 Å². The van der Waals surface area contributed by atoms with E-state index < -0.39 is 0 Å². The van der Waals surface area contributed by atoms with Gasteiger partial charge >= 0.3 is 0 Å². The standard InChI is InChI=1S/C42H27NO2/c1-4-13-28(14-5-1)30-23-24-34-39(27-30)45-42-32(29-15-6-2-7-16-29)25-26-36(41(34)42)43(31-17-8-3-9-18-31)35-20-12-22-38-40(35)33-19-10-11-21-37(33)44-38/h1-27H. The molecule has 0 fully saturated rings. The summed E-state index contributed by atoms with van der Waals surface area (Å²) in [6.07, 6.45) is 0. The van der Waals surface area contributed by atoms with Crippen LogP contribution < -0.4 is 4.90 Å². The maximum absolute atomic E-state index is 6.86. The topological polar surface area (TPSA) is 29.5 Å². The van der Waals surface area contributed by atoms with Crippen LogP contribution in [-0.2, 0) is 0 Å². The Morgan fingerprint density at radius 1 is 0.378 bits per heavy atom. The molecule has 9 aromatic rings. The summed E-state index contributed by atoms with van der Waals surface area (Å²) in [7, 11) is 0. The van der Waals surface area contributed by atoms with Gasteiger partial charge in [0, 0.05) is 22.0 Å². The molecule has 0 N–H and O–H groups in total. The lowest BCUT2D eigenvalue weighted by molar-refractivity contribution is 0.669. The number of furan rings is 2. The third-order valence-corrected chi connectivity index (χ3v) is 8.67. The minimum atomic E-state index is 0.857. The monoisotopic (exact) mass is 577 g/mol. The maximum Gasteiger partial charge on any atom is 0.145 e. The molecule has 0 saturated carbocycles. The van der Waals surface area contributed by atoms with Crippen LogP contribution >= 0.6 is 0 Å². The number of rotatable bonds is 5. The third-order valence-electron chi connectivity index (χ3n) is 8.67. The highest BCUT2D eigenvalue weighted by molar-refractivity contribution is 6.20. The number of fused-ring (bicyclic) bond motifs is 6. The molecule has 0 saturated heterocycles. The second-order valence-electron chi connectivity index (χ2n) is 11.3. The Balaban J connectivity index is 1.38. The van der Waals surface area contributed by atoms with Crippen molar-refractivity contribution in [3.63, 3.8) is 0 Å². The molecule has 0 spiro atoms. The van der Waals surface area contributed by atoms with E-state index in [2.05, 4.69) is 144 Å². The molecule has 0 unspecified atom stereocenters. The second kappa shape index (κ2) is 10.3. The number of benzene rings is 7. The van der Waals surface area contributed by atoms with Crippen LogP contribution in [0.3, 0.4) is 0 Å². The van der Waals surface area contributed by atoms with Gasteiger partial charge in [-0.3, -0.25) is 0 Å². The molecule has 45 heavy (non-hydrogen) atoms. The fourth-order valence-corrected chi connectivity index (χ4v) is 6.63. The van der Waals surface area contributed by atoms with Crippen molar-refractivity contribution >= 4 is 60.9 Å². The first-order valence-electron chi connectivity index (χ1n) is 15.2. The summed E-state index contributed by atoms with van der Waals surface area (Å²) in [6, 6.07) is 57.1. The lowest BCUT2D eigenvalue weighted by atomic mass is 9.98. The van der Waals surface area contributed by atoms with Gasteiger partial charge in [0.25, 0.3) is 0 Å². The number of anilines is 3. The smallest absolute Gasteiger partial charge is 0.145 e. The van der Waals surface area contributed by atoms with Gasteiger partial charge in [-0.15, -0.1) is 0 Å². The van der Waals surface area contributed by atoms with Gasteiger partial charge in [0.1, 0.15) is 22.3 Å². The Labute approximate surface area is 260 Å². The van der Waals surface area contributed by atoms with E-state index in [-0.39, 0.29) is 0 Å². The summed E-state index contributed by atoms with van der Waals surface area (Å²) in [5.74, 6) is 0. The minimum absolute atomic E-state index is 0.857. The van der Waals surface area contributed by atoms with Gasteiger partial charge in [0.2, 0.25) is 0 Å². The Hall–Kier alpha value is -6.06. The summed E-state index contributed by atoms with van der Waals surface area (Å²) >= 11 is 0. The lowest BCUT2D eigenvalue weighted by Gasteiger charge is -2.27. The first kappa shape index (κ1) is 25.4. The number of nitrogens with zero attached hydrogens (tertiary/aromatic N) is 1. The van der Waals surface area contributed by atoms with Crippen molar-refractivity contribution in [3.8, 4) is 22.3 Å². The average Bonchev–Trinajstić information content (AvgIpc) is 3.69. The van der Waals surface area contributed by atoms with E-state index in [9.17, 15) is 0 Å². The van der Waals surface area contributed by atoms with Crippen LogP contribution in [0.5, 0.6) is 0 Å². The molecule has 0 bridgehead atoms. The number of hydrogen-bond acceptors (Lipinski definition) is 3. The zero-order valence-corrected chi connectivity index (χ0v) is 24.4. The normalized spacial score (nSPS) is 11.6. The van der Waals surface area contributed by atoms with Gasteiger partial charge < -0.3 is 13.7 Å². The average molecular weight is 578 g/mol. The fraction of sp³-hybridized carbons (Fsp3) is 0. The molecule has 0 aliphatic carbocycles. The van der Waals surface area contributed by atoms with Gasteiger partial charge in [-0.2, -0.15) is 0 Å². The van der Waals surface area contributed by atoms with Crippen LogP contribution in [0.15, 0.2) is 173 Å². The van der Waals surface area contributed by atoms with Crippen LogP contribution in [0.1, 0.15) is 0 Å². The largest absolute Gasteiger partial charge is 0.456 e. The van der Waals surface area contributed by atoms with E-state index in [1.165, 1.54) is 0 Å². The zero-order valence-electron chi connectivity index (χ0n) is 24.4. The molecule has 2 heterocycles. The summed E-state index contributed by atoms with van der Waals surface area (Å²) in [5, 5.41) is 4.31. The predicted octanol–water partition coefficient (Wildman–Crippen LogP) is 12.3. The van der Waals surface area contributed by atoms with Crippen LogP contribution in [0.2, 0.25) is 0 Å². The summed E-state index contributed by atoms with van der Waals surface area (Å²) < 4.78 is 13.2. The first-order chi connectivity index (χ1) is 22.3. The Kier molecular flexibility index (Phi) is 5.82. The zero-order chi connectivity index (χ0) is 29.7. The molecule has 3 nitrogen and oxygen atoms in total. The first-order valence-corrected chi connectivity index (χ1v) is 15.2. The van der Waals surface area contributed by atoms with Crippen molar-refractivity contribution in [2.45, 2.75) is 0 Å². The number of para-hydroxylation sites is 2. The van der Waals surface area contributed by atoms with Crippen molar-refractivity contribution < 1.29 is 8.83 Å². The molecule has 9 rings (SSSR count). The summed E-state index contributed by atoms with van der Waals surface area (Å²) in [6.45, 7) is 0. The highest BCUT2D eigenvalue weighted by Gasteiger charge is 2.24. The quantitative estimate of drug-likeness (QED) is 0.204. The Morgan fingerprint density at radius 3 is 1.82 bits per heavy atom. The van der Waals surface area contributed by atoms with E-state index in [4.69, 9.17) is 8.83 Å². The van der Waals surface area contributed by atoms with Gasteiger partial charge in [0.15, 0.2) is 0 Å². The second-order valence-corrected chi connectivity index (χ2v) is 11.3. The summed E-state index contributed by atoms with van der Waals surface area (Å²) in [4.78, 5) is 2.35. The molecule has 0 aliphatic heterocycles. The van der Waals surface area contributed by atoms with Gasteiger partial charge in [-0.05, 0) is 71.3 Å². The van der Waals surface area contributed by atoms with E-state index in [0.717, 1.165) is 83.2 Å². The van der Waals surface area contributed by atoms with E-state index in [1.807, 2.05) is 24.3 Å². The molecule has 0 aliphatic rings. The van der Waals surface area contributed by atoms with Crippen molar-refractivity contribution in [1.82, 2.24) is 0 Å². The van der Waals surface area contributed by atoms with Gasteiger partial charge in [-0.25, -0.2) is 0 Å². The highest BCUT2D eigenvalue weighted by atomic mass is 16.3. The molecule has 0 amide bonds. The van der Waals surface area contributed by atoms with Crippen LogP contribution in [-0.4, -0.2) is 0 Å². The van der Waals surface area contributed by atoms with Crippen LogP contribution in [0.4, 0.5) is 17.1 Å². The van der Waals surface area contributed by atoms with E-state index in [0.29, 0.717) is 0 Å². The molecule has 2 aromatic heterocycles. The molecule has 0 radical (unpaired) electrons. The van der Waals surface area contributed by atoms with Crippen LogP contribution in [0, 0.1) is 0 Å². The van der Waals surface area contributed by atoms with Gasteiger partial charge in [0.05, 0.1) is 22.1 Å². The molecule has 0 atom stereocenters. The molecular formula is C42H27NO2. The Morgan fingerprint density at radius 2 is 1.02 bits per heavy atom. The third kappa shape index (κ3) is 4.13. The Bertz CT molecular complexity index is 2470. The molecular weight excluding hydrogens is 550 g/mol. The molecule has 3 heteroatoms. The maximum atomic E-state index is 6.86. The fourth-order valence-electron chi connectivity index (χ4n) is 6.63. The van der Waals surface area contributed by atoms with Gasteiger partial charge in [-0.1, -0.05) is 109 Å². The van der Waals surface area contributed by atoms with E-state index >= 15 is 0 Å². The van der Waals surface area contributed by atoms with E-state index in [1.54, 1.807) is 0 Å².